The fourth-order valence-electron chi connectivity index (χ4n) is 1.90. The smallest absolute Gasteiger partial charge is 0.270 e. The van der Waals surface area contributed by atoms with E-state index in [1.807, 2.05) is 0 Å². The number of hydrogen-bond donors (Lipinski definition) is 1. The largest absolute Gasteiger partial charge is 0.298 e. The minimum atomic E-state index is -0.555. The number of nitro groups is 1. The number of halogens is 2. The Morgan fingerprint density at radius 3 is 2.75 bits per heavy atom. The predicted octanol–water partition coefficient (Wildman–Crippen LogP) is 5.34. The van der Waals surface area contributed by atoms with Gasteiger partial charge in [0.2, 0.25) is 0 Å². The zero-order valence-electron chi connectivity index (χ0n) is 11.7. The van der Waals surface area contributed by atoms with Crippen LogP contribution in [0.25, 0.3) is 11.3 Å². The quantitative estimate of drug-likeness (QED) is 0.473. The van der Waals surface area contributed by atoms with E-state index in [1.54, 1.807) is 11.4 Å². The summed E-state index contributed by atoms with van der Waals surface area (Å²) in [6, 6.07) is 7.18. The molecule has 1 aromatic carbocycles. The molecule has 24 heavy (non-hydrogen) atoms. The summed E-state index contributed by atoms with van der Waals surface area (Å²) in [5.41, 5.74) is 1.32. The molecule has 10 heteroatoms. The van der Waals surface area contributed by atoms with Crippen LogP contribution in [-0.4, -0.2) is 15.8 Å². The van der Waals surface area contributed by atoms with Crippen LogP contribution in [0.1, 0.15) is 10.4 Å². The predicted molar refractivity (Wildman–Crippen MR) is 96.5 cm³/mol. The average molecular weight is 400 g/mol. The van der Waals surface area contributed by atoms with Gasteiger partial charge in [0.05, 0.1) is 15.0 Å². The third-order valence-corrected chi connectivity index (χ3v) is 5.22. The molecule has 2 heterocycles. The number of nitrogens with one attached hydrogen (secondary N) is 1. The van der Waals surface area contributed by atoms with Crippen molar-refractivity contribution in [1.29, 1.82) is 0 Å². The van der Waals surface area contributed by atoms with Crippen molar-refractivity contribution >= 4 is 62.6 Å². The molecule has 122 valence electrons. The lowest BCUT2D eigenvalue weighted by atomic mass is 10.2. The van der Waals surface area contributed by atoms with Gasteiger partial charge < -0.3 is 0 Å². The van der Waals surface area contributed by atoms with Gasteiger partial charge in [-0.1, -0.05) is 29.3 Å². The maximum Gasteiger partial charge on any atom is 0.270 e. The van der Waals surface area contributed by atoms with Gasteiger partial charge in [0.1, 0.15) is 4.34 Å². The second-order valence-electron chi connectivity index (χ2n) is 4.54. The first-order valence-corrected chi connectivity index (χ1v) is 8.86. The Balaban J connectivity index is 1.79. The van der Waals surface area contributed by atoms with E-state index in [4.69, 9.17) is 23.2 Å². The van der Waals surface area contributed by atoms with Crippen LogP contribution < -0.4 is 5.32 Å². The third-order valence-electron chi connectivity index (χ3n) is 2.98. The molecule has 0 saturated carbocycles. The van der Waals surface area contributed by atoms with E-state index in [9.17, 15) is 14.9 Å². The van der Waals surface area contributed by atoms with Crippen LogP contribution in [0.3, 0.4) is 0 Å². The molecule has 0 aliphatic rings. The van der Waals surface area contributed by atoms with Gasteiger partial charge in [-0.05, 0) is 12.1 Å². The van der Waals surface area contributed by atoms with Gasteiger partial charge in [0, 0.05) is 28.6 Å². The number of aromatic nitrogens is 1. The van der Waals surface area contributed by atoms with Gasteiger partial charge >= 0.3 is 0 Å². The Morgan fingerprint density at radius 2 is 2.08 bits per heavy atom. The molecule has 3 rings (SSSR count). The second kappa shape index (κ2) is 6.86. The SMILES string of the molecule is O=C(Nc1nc(-c2cc(Cl)sc2Cl)cs1)c1cccc([N+](=O)[O-])c1. The van der Waals surface area contributed by atoms with Crippen LogP contribution in [0, 0.1) is 10.1 Å². The van der Waals surface area contributed by atoms with E-state index in [0.717, 1.165) is 0 Å². The Bertz CT molecular complexity index is 939. The number of hydrogen-bond acceptors (Lipinski definition) is 6. The van der Waals surface area contributed by atoms with Crippen molar-refractivity contribution in [3.8, 4) is 11.3 Å². The topological polar surface area (TPSA) is 85.1 Å². The average Bonchev–Trinajstić information content (AvgIpc) is 3.13. The Kier molecular flexibility index (Phi) is 4.81. The first kappa shape index (κ1) is 16.8. The summed E-state index contributed by atoms with van der Waals surface area (Å²) < 4.78 is 1.06. The number of nitrogens with zero attached hydrogens (tertiary/aromatic N) is 2. The summed E-state index contributed by atoms with van der Waals surface area (Å²) >= 11 is 14.5. The molecule has 0 fully saturated rings. The van der Waals surface area contributed by atoms with Crippen molar-refractivity contribution in [1.82, 2.24) is 4.98 Å². The first-order chi connectivity index (χ1) is 11.4. The molecule has 0 bridgehead atoms. The molecule has 6 nitrogen and oxygen atoms in total. The molecule has 0 spiro atoms. The van der Waals surface area contributed by atoms with Crippen LogP contribution in [-0.2, 0) is 0 Å². The highest BCUT2D eigenvalue weighted by atomic mass is 35.5. The molecule has 3 aromatic rings. The Hall–Kier alpha value is -2.00. The maximum atomic E-state index is 12.2. The number of rotatable bonds is 4. The molecule has 1 amide bonds. The minimum absolute atomic E-state index is 0.151. The number of thiophene rings is 1. The molecular formula is C14H7Cl2N3O3S2. The number of benzene rings is 1. The van der Waals surface area contributed by atoms with Gasteiger partial charge in [-0.25, -0.2) is 4.98 Å². The van der Waals surface area contributed by atoms with Gasteiger partial charge in [-0.3, -0.25) is 20.2 Å². The molecule has 2 aromatic heterocycles. The van der Waals surface area contributed by atoms with Crippen molar-refractivity contribution in [3.63, 3.8) is 0 Å². The molecule has 0 aliphatic heterocycles. The van der Waals surface area contributed by atoms with Gasteiger partial charge in [-0.15, -0.1) is 22.7 Å². The van der Waals surface area contributed by atoms with E-state index in [-0.39, 0.29) is 11.3 Å². The van der Waals surface area contributed by atoms with E-state index >= 15 is 0 Å². The molecule has 0 atom stereocenters. The van der Waals surface area contributed by atoms with Crippen LogP contribution in [0.5, 0.6) is 0 Å². The number of anilines is 1. The van der Waals surface area contributed by atoms with Crippen LogP contribution >= 0.6 is 45.9 Å². The molecular weight excluding hydrogens is 393 g/mol. The van der Waals surface area contributed by atoms with Gasteiger partial charge in [0.15, 0.2) is 5.13 Å². The monoisotopic (exact) mass is 399 g/mol. The summed E-state index contributed by atoms with van der Waals surface area (Å²) in [5, 5.41) is 15.5. The molecule has 0 radical (unpaired) electrons. The van der Waals surface area contributed by atoms with Crippen molar-refractivity contribution in [2.75, 3.05) is 5.32 Å². The lowest BCUT2D eigenvalue weighted by Crippen LogP contribution is -2.11. The number of carbonyl (C=O) groups is 1. The van der Waals surface area contributed by atoms with E-state index in [1.165, 1.54) is 46.9 Å². The zero-order valence-corrected chi connectivity index (χ0v) is 14.8. The lowest BCUT2D eigenvalue weighted by Gasteiger charge is -2.01. The fourth-order valence-corrected chi connectivity index (χ4v) is 4.09. The summed E-state index contributed by atoms with van der Waals surface area (Å²) in [7, 11) is 0. The minimum Gasteiger partial charge on any atom is -0.298 e. The Morgan fingerprint density at radius 1 is 1.29 bits per heavy atom. The lowest BCUT2D eigenvalue weighted by molar-refractivity contribution is -0.384. The highest BCUT2D eigenvalue weighted by Crippen LogP contribution is 2.39. The second-order valence-corrected chi connectivity index (χ2v) is 7.68. The normalized spacial score (nSPS) is 10.6. The van der Waals surface area contributed by atoms with Crippen molar-refractivity contribution in [2.24, 2.45) is 0 Å². The van der Waals surface area contributed by atoms with Crippen LogP contribution in [0.2, 0.25) is 8.67 Å². The zero-order chi connectivity index (χ0) is 17.3. The van der Waals surface area contributed by atoms with Crippen molar-refractivity contribution in [2.45, 2.75) is 0 Å². The van der Waals surface area contributed by atoms with Gasteiger partial charge in [0.25, 0.3) is 11.6 Å². The van der Waals surface area contributed by atoms with Crippen LogP contribution in [0.15, 0.2) is 35.7 Å². The number of carbonyl (C=O) groups excluding carboxylic acids is 1. The van der Waals surface area contributed by atoms with Gasteiger partial charge in [-0.2, -0.15) is 0 Å². The highest BCUT2D eigenvalue weighted by Gasteiger charge is 2.15. The maximum absolute atomic E-state index is 12.2. The number of amides is 1. The number of non-ortho nitro benzene ring substituents is 1. The summed E-state index contributed by atoms with van der Waals surface area (Å²) in [4.78, 5) is 26.7. The van der Waals surface area contributed by atoms with E-state index in [0.29, 0.717) is 25.1 Å². The summed E-state index contributed by atoms with van der Waals surface area (Å²) in [6.45, 7) is 0. The molecule has 0 saturated heterocycles. The molecule has 0 aliphatic carbocycles. The molecule has 1 N–H and O–H groups in total. The molecule has 0 unspecified atom stereocenters. The van der Waals surface area contributed by atoms with Crippen molar-refractivity contribution in [3.05, 3.63) is 60.1 Å². The highest BCUT2D eigenvalue weighted by molar-refractivity contribution is 7.20. The van der Waals surface area contributed by atoms with E-state index in [2.05, 4.69) is 10.3 Å². The van der Waals surface area contributed by atoms with Crippen molar-refractivity contribution < 1.29 is 9.72 Å². The fraction of sp³-hybridized carbons (Fsp3) is 0. The number of nitro benzene ring substituents is 1. The van der Waals surface area contributed by atoms with E-state index < -0.39 is 10.8 Å². The summed E-state index contributed by atoms with van der Waals surface area (Å²) in [5.74, 6) is -0.478. The van der Waals surface area contributed by atoms with Crippen LogP contribution in [0.4, 0.5) is 10.8 Å². The standard InChI is InChI=1S/C14H7Cl2N3O3S2/c15-11-5-9(12(16)24-11)10-6-23-14(17-10)18-13(20)7-2-1-3-8(4-7)19(21)22/h1-6H,(H,17,18,20). The third kappa shape index (κ3) is 3.57. The summed E-state index contributed by atoms with van der Waals surface area (Å²) in [6.07, 6.45) is 0. The first-order valence-electron chi connectivity index (χ1n) is 6.40. The Labute approximate surface area is 153 Å². The number of thiazole rings is 1.